The molecule has 0 atom stereocenters. The average Bonchev–Trinajstić information content (AvgIpc) is 2.43. The number of amides is 1. The molecule has 0 aliphatic heterocycles. The van der Waals surface area contributed by atoms with Crippen molar-refractivity contribution in [3.05, 3.63) is 35.9 Å². The van der Waals surface area contributed by atoms with Gasteiger partial charge in [0, 0.05) is 13.1 Å². The Kier molecular flexibility index (Phi) is 6.07. The van der Waals surface area contributed by atoms with Crippen LogP contribution in [0, 0.1) is 0 Å². The van der Waals surface area contributed by atoms with E-state index in [2.05, 4.69) is 0 Å². The predicted molar refractivity (Wildman–Crippen MR) is 81.7 cm³/mol. The molecule has 0 saturated carbocycles. The van der Waals surface area contributed by atoms with Gasteiger partial charge in [-0.25, -0.2) is 0 Å². The molecule has 0 bridgehead atoms. The van der Waals surface area contributed by atoms with Crippen LogP contribution < -0.4 is 0 Å². The normalized spacial score (nSPS) is 11.2. The molecule has 110 valence electrons. The molecular weight excluding hydrogens is 274 g/mol. The van der Waals surface area contributed by atoms with E-state index < -0.39 is 10.7 Å². The van der Waals surface area contributed by atoms with Crippen LogP contribution in [-0.2, 0) is 16.1 Å². The van der Waals surface area contributed by atoms with E-state index in [1.807, 2.05) is 37.3 Å². The number of carboxylic acids is 1. The van der Waals surface area contributed by atoms with E-state index in [1.54, 1.807) is 18.7 Å². The molecule has 1 aromatic carbocycles. The third kappa shape index (κ3) is 4.89. The lowest BCUT2D eigenvalue weighted by atomic mass is 10.2. The Balaban J connectivity index is 2.58. The zero-order valence-corrected chi connectivity index (χ0v) is 12.9. The van der Waals surface area contributed by atoms with Gasteiger partial charge in [0.1, 0.15) is 4.75 Å². The van der Waals surface area contributed by atoms with Gasteiger partial charge in [0.05, 0.1) is 5.75 Å². The number of thioether (sulfide) groups is 1. The largest absolute Gasteiger partial charge is 0.480 e. The maximum atomic E-state index is 12.2. The Labute approximate surface area is 124 Å². The molecular formula is C15H21NO3S. The van der Waals surface area contributed by atoms with Crippen molar-refractivity contribution in [2.75, 3.05) is 12.3 Å². The smallest absolute Gasteiger partial charge is 0.319 e. The van der Waals surface area contributed by atoms with E-state index in [0.717, 1.165) is 17.3 Å². The first kappa shape index (κ1) is 16.6. The molecule has 0 saturated heterocycles. The van der Waals surface area contributed by atoms with Crippen LogP contribution in [0.2, 0.25) is 0 Å². The summed E-state index contributed by atoms with van der Waals surface area (Å²) in [6.45, 7) is 6.32. The number of aliphatic carboxylic acids is 1. The maximum absolute atomic E-state index is 12.2. The van der Waals surface area contributed by atoms with Crippen LogP contribution >= 0.6 is 11.8 Å². The lowest BCUT2D eigenvalue weighted by Crippen LogP contribution is -2.35. The zero-order chi connectivity index (χ0) is 15.2. The van der Waals surface area contributed by atoms with E-state index in [4.69, 9.17) is 5.11 Å². The standard InChI is InChI=1S/C15H21NO3S/c1-4-16(10-12-8-6-5-7-9-12)13(17)11-20-15(2,3)14(18)19/h5-9H,4,10-11H2,1-3H3,(H,18,19). The van der Waals surface area contributed by atoms with Crippen molar-refractivity contribution < 1.29 is 14.7 Å². The van der Waals surface area contributed by atoms with Gasteiger partial charge in [-0.15, -0.1) is 11.8 Å². The summed E-state index contributed by atoms with van der Waals surface area (Å²) in [5.74, 6) is -0.753. The number of hydrogen-bond donors (Lipinski definition) is 1. The quantitative estimate of drug-likeness (QED) is 0.840. The van der Waals surface area contributed by atoms with Gasteiger partial charge in [0.25, 0.3) is 0 Å². The van der Waals surface area contributed by atoms with Gasteiger partial charge in [-0.2, -0.15) is 0 Å². The van der Waals surface area contributed by atoms with Gasteiger partial charge < -0.3 is 10.0 Å². The van der Waals surface area contributed by atoms with Crippen molar-refractivity contribution in [1.29, 1.82) is 0 Å². The second-order valence-electron chi connectivity index (χ2n) is 5.00. The van der Waals surface area contributed by atoms with Crippen molar-refractivity contribution >= 4 is 23.6 Å². The highest BCUT2D eigenvalue weighted by molar-refractivity contribution is 8.01. The van der Waals surface area contributed by atoms with Gasteiger partial charge in [-0.1, -0.05) is 30.3 Å². The van der Waals surface area contributed by atoms with Gasteiger partial charge in [0.2, 0.25) is 5.91 Å². The lowest BCUT2D eigenvalue weighted by Gasteiger charge is -2.23. The van der Waals surface area contributed by atoms with Crippen molar-refractivity contribution in [3.63, 3.8) is 0 Å². The molecule has 1 N–H and O–H groups in total. The summed E-state index contributed by atoms with van der Waals surface area (Å²) in [4.78, 5) is 24.9. The fraction of sp³-hybridized carbons (Fsp3) is 0.467. The SMILES string of the molecule is CCN(Cc1ccccc1)C(=O)CSC(C)(C)C(=O)O. The first-order valence-corrected chi connectivity index (χ1v) is 7.54. The third-order valence-electron chi connectivity index (χ3n) is 3.02. The fourth-order valence-electron chi connectivity index (χ4n) is 1.58. The molecule has 1 rings (SSSR count). The molecule has 0 aliphatic carbocycles. The van der Waals surface area contributed by atoms with Crippen LogP contribution in [0.3, 0.4) is 0 Å². The number of carbonyl (C=O) groups excluding carboxylic acids is 1. The van der Waals surface area contributed by atoms with Crippen LogP contribution in [0.25, 0.3) is 0 Å². The molecule has 0 fully saturated rings. The van der Waals surface area contributed by atoms with Crippen LogP contribution in [0.4, 0.5) is 0 Å². The summed E-state index contributed by atoms with van der Waals surface area (Å²) in [6.07, 6.45) is 0. The summed E-state index contributed by atoms with van der Waals surface area (Å²) >= 11 is 1.16. The Morgan fingerprint density at radius 3 is 2.35 bits per heavy atom. The van der Waals surface area contributed by atoms with E-state index >= 15 is 0 Å². The molecule has 5 heteroatoms. The van der Waals surface area contributed by atoms with E-state index in [-0.39, 0.29) is 11.7 Å². The van der Waals surface area contributed by atoms with Crippen molar-refractivity contribution in [2.24, 2.45) is 0 Å². The molecule has 0 spiro atoms. The highest BCUT2D eigenvalue weighted by Gasteiger charge is 2.29. The minimum Gasteiger partial charge on any atom is -0.480 e. The minimum atomic E-state index is -0.943. The molecule has 0 aliphatic rings. The number of rotatable bonds is 7. The summed E-state index contributed by atoms with van der Waals surface area (Å²) in [6, 6.07) is 9.77. The number of carboxylic acid groups (broad SMARTS) is 1. The Morgan fingerprint density at radius 1 is 1.25 bits per heavy atom. The van der Waals surface area contributed by atoms with E-state index in [9.17, 15) is 9.59 Å². The van der Waals surface area contributed by atoms with Gasteiger partial charge in [-0.05, 0) is 26.3 Å². The second-order valence-corrected chi connectivity index (χ2v) is 6.60. The number of hydrogen-bond acceptors (Lipinski definition) is 3. The van der Waals surface area contributed by atoms with Crippen molar-refractivity contribution in [2.45, 2.75) is 32.1 Å². The summed E-state index contributed by atoms with van der Waals surface area (Å²) in [5.41, 5.74) is 1.07. The Hall–Kier alpha value is -1.49. The first-order chi connectivity index (χ1) is 9.36. The van der Waals surface area contributed by atoms with E-state index in [0.29, 0.717) is 13.1 Å². The summed E-state index contributed by atoms with van der Waals surface area (Å²) in [5, 5.41) is 9.04. The molecule has 0 aromatic heterocycles. The Bertz CT molecular complexity index is 459. The molecule has 4 nitrogen and oxygen atoms in total. The van der Waals surface area contributed by atoms with Crippen LogP contribution in [-0.4, -0.2) is 38.9 Å². The summed E-state index contributed by atoms with van der Waals surface area (Å²) < 4.78 is -0.943. The lowest BCUT2D eigenvalue weighted by molar-refractivity contribution is -0.138. The number of nitrogens with zero attached hydrogens (tertiary/aromatic N) is 1. The minimum absolute atomic E-state index is 0.0318. The molecule has 1 amide bonds. The zero-order valence-electron chi connectivity index (χ0n) is 12.1. The highest BCUT2D eigenvalue weighted by Crippen LogP contribution is 2.24. The monoisotopic (exact) mass is 295 g/mol. The topological polar surface area (TPSA) is 57.6 Å². The Morgan fingerprint density at radius 2 is 1.85 bits per heavy atom. The summed E-state index contributed by atoms with van der Waals surface area (Å²) in [7, 11) is 0. The van der Waals surface area contributed by atoms with Gasteiger partial charge in [0.15, 0.2) is 0 Å². The first-order valence-electron chi connectivity index (χ1n) is 6.56. The molecule has 20 heavy (non-hydrogen) atoms. The van der Waals surface area contributed by atoms with Gasteiger partial charge >= 0.3 is 5.97 Å². The molecule has 1 aromatic rings. The third-order valence-corrected chi connectivity index (χ3v) is 4.31. The number of benzene rings is 1. The van der Waals surface area contributed by atoms with Crippen molar-refractivity contribution in [3.8, 4) is 0 Å². The number of carbonyl (C=O) groups is 2. The second kappa shape index (κ2) is 7.33. The van der Waals surface area contributed by atoms with Crippen LogP contribution in [0.5, 0.6) is 0 Å². The molecule has 0 unspecified atom stereocenters. The maximum Gasteiger partial charge on any atom is 0.319 e. The molecule has 0 radical (unpaired) electrons. The fourth-order valence-corrected chi connectivity index (χ4v) is 2.37. The molecule has 0 heterocycles. The van der Waals surface area contributed by atoms with Crippen molar-refractivity contribution in [1.82, 2.24) is 4.90 Å². The van der Waals surface area contributed by atoms with E-state index in [1.165, 1.54) is 0 Å². The van der Waals surface area contributed by atoms with Gasteiger partial charge in [-0.3, -0.25) is 9.59 Å². The highest BCUT2D eigenvalue weighted by atomic mass is 32.2. The van der Waals surface area contributed by atoms with Crippen LogP contribution in [0.1, 0.15) is 26.3 Å². The average molecular weight is 295 g/mol. The predicted octanol–water partition coefficient (Wildman–Crippen LogP) is 2.63. The van der Waals surface area contributed by atoms with Crippen LogP contribution in [0.15, 0.2) is 30.3 Å².